The summed E-state index contributed by atoms with van der Waals surface area (Å²) in [5.74, 6) is 0. The van der Waals surface area contributed by atoms with Crippen LogP contribution in [-0.2, 0) is 13.0 Å². The summed E-state index contributed by atoms with van der Waals surface area (Å²) in [7, 11) is 0. The second-order valence-corrected chi connectivity index (χ2v) is 5.07. The van der Waals surface area contributed by atoms with Crippen LogP contribution in [0.2, 0.25) is 0 Å². The maximum absolute atomic E-state index is 2.50. The van der Waals surface area contributed by atoms with Crippen molar-refractivity contribution in [3.63, 3.8) is 0 Å². The largest absolute Gasteiger partial charge is 0.295 e. The Bertz CT molecular complexity index is 557. The second kappa shape index (κ2) is 5.85. The molecule has 0 bridgehead atoms. The van der Waals surface area contributed by atoms with Gasteiger partial charge in [-0.05, 0) is 23.1 Å². The van der Waals surface area contributed by atoms with Crippen molar-refractivity contribution in [3.8, 4) is 0 Å². The van der Waals surface area contributed by atoms with Crippen molar-refractivity contribution in [2.75, 3.05) is 13.1 Å². The fraction of sp³-hybridized carbons (Fsp3) is 0.222. The molecule has 2 aromatic rings. The van der Waals surface area contributed by atoms with Gasteiger partial charge in [0.15, 0.2) is 0 Å². The van der Waals surface area contributed by atoms with Crippen LogP contribution >= 0.6 is 0 Å². The fourth-order valence-corrected chi connectivity index (χ4v) is 2.61. The van der Waals surface area contributed by atoms with Gasteiger partial charge in [0.2, 0.25) is 0 Å². The average molecular weight is 249 g/mol. The standard InChI is InChI=1S/C18H19N/c1-2-7-16(8-3-1)9-6-13-19-14-12-17-10-4-5-11-18(17)15-19/h1-11H,12-15H2/b9-6+. The summed E-state index contributed by atoms with van der Waals surface area (Å²) < 4.78 is 0. The Labute approximate surface area is 115 Å². The molecule has 1 nitrogen and oxygen atoms in total. The van der Waals surface area contributed by atoms with Crippen LogP contribution in [0.15, 0.2) is 60.7 Å². The molecule has 0 fully saturated rings. The van der Waals surface area contributed by atoms with E-state index in [4.69, 9.17) is 0 Å². The maximum atomic E-state index is 2.50. The zero-order chi connectivity index (χ0) is 12.9. The molecule has 0 aliphatic carbocycles. The summed E-state index contributed by atoms with van der Waals surface area (Å²) >= 11 is 0. The summed E-state index contributed by atoms with van der Waals surface area (Å²) in [5, 5.41) is 0. The van der Waals surface area contributed by atoms with Gasteiger partial charge in [0.1, 0.15) is 0 Å². The Morgan fingerprint density at radius 2 is 1.63 bits per heavy atom. The highest BCUT2D eigenvalue weighted by Crippen LogP contribution is 2.18. The van der Waals surface area contributed by atoms with Crippen LogP contribution in [0.3, 0.4) is 0 Å². The van der Waals surface area contributed by atoms with E-state index in [-0.39, 0.29) is 0 Å². The molecule has 0 saturated carbocycles. The highest BCUT2D eigenvalue weighted by atomic mass is 15.1. The Morgan fingerprint density at radius 3 is 2.47 bits per heavy atom. The minimum Gasteiger partial charge on any atom is -0.295 e. The first-order valence-corrected chi connectivity index (χ1v) is 6.92. The summed E-state index contributed by atoms with van der Waals surface area (Å²) in [6.45, 7) is 3.27. The van der Waals surface area contributed by atoms with Crippen LogP contribution in [0.4, 0.5) is 0 Å². The van der Waals surface area contributed by atoms with Crippen molar-refractivity contribution in [2.24, 2.45) is 0 Å². The predicted octanol–water partition coefficient (Wildman–Crippen LogP) is 3.76. The van der Waals surface area contributed by atoms with Crippen molar-refractivity contribution in [3.05, 3.63) is 77.4 Å². The van der Waals surface area contributed by atoms with Gasteiger partial charge in [-0.15, -0.1) is 0 Å². The van der Waals surface area contributed by atoms with Crippen LogP contribution in [0.1, 0.15) is 16.7 Å². The van der Waals surface area contributed by atoms with Gasteiger partial charge in [0.25, 0.3) is 0 Å². The van der Waals surface area contributed by atoms with Crippen LogP contribution < -0.4 is 0 Å². The lowest BCUT2D eigenvalue weighted by Crippen LogP contribution is -2.30. The van der Waals surface area contributed by atoms with Gasteiger partial charge >= 0.3 is 0 Å². The monoisotopic (exact) mass is 249 g/mol. The molecule has 0 N–H and O–H groups in total. The lowest BCUT2D eigenvalue weighted by Gasteiger charge is -2.27. The van der Waals surface area contributed by atoms with Crippen LogP contribution in [-0.4, -0.2) is 18.0 Å². The molecule has 1 aliphatic heterocycles. The molecule has 0 amide bonds. The Balaban J connectivity index is 1.59. The number of hydrogen-bond acceptors (Lipinski definition) is 1. The molecule has 0 unspecified atom stereocenters. The van der Waals surface area contributed by atoms with Gasteiger partial charge in [-0.1, -0.05) is 66.7 Å². The Morgan fingerprint density at radius 1 is 0.895 bits per heavy atom. The molecule has 1 aliphatic rings. The first kappa shape index (κ1) is 12.2. The van der Waals surface area contributed by atoms with E-state index in [0.29, 0.717) is 0 Å². The van der Waals surface area contributed by atoms with E-state index >= 15 is 0 Å². The van der Waals surface area contributed by atoms with Crippen molar-refractivity contribution < 1.29 is 0 Å². The summed E-state index contributed by atoms with van der Waals surface area (Å²) in [6.07, 6.45) is 5.65. The Kier molecular flexibility index (Phi) is 3.75. The molecule has 1 heterocycles. The number of fused-ring (bicyclic) bond motifs is 1. The third-order valence-electron chi connectivity index (χ3n) is 3.68. The lowest BCUT2D eigenvalue weighted by atomic mass is 10.00. The number of rotatable bonds is 3. The highest BCUT2D eigenvalue weighted by Gasteiger charge is 2.13. The minimum atomic E-state index is 1.03. The quantitative estimate of drug-likeness (QED) is 0.800. The van der Waals surface area contributed by atoms with Crippen molar-refractivity contribution >= 4 is 6.08 Å². The average Bonchev–Trinajstić information content (AvgIpc) is 2.48. The molecule has 96 valence electrons. The predicted molar refractivity (Wildman–Crippen MR) is 80.9 cm³/mol. The number of hydrogen-bond donors (Lipinski definition) is 0. The maximum Gasteiger partial charge on any atom is 0.0239 e. The van der Waals surface area contributed by atoms with Crippen molar-refractivity contribution in [1.82, 2.24) is 4.90 Å². The number of benzene rings is 2. The SMILES string of the molecule is C(=C\c1ccccc1)/CN1CCc2ccccc2C1. The van der Waals surface area contributed by atoms with Gasteiger partial charge in [-0.25, -0.2) is 0 Å². The van der Waals surface area contributed by atoms with E-state index in [2.05, 4.69) is 71.6 Å². The van der Waals surface area contributed by atoms with Crippen LogP contribution in [0.5, 0.6) is 0 Å². The second-order valence-electron chi connectivity index (χ2n) is 5.07. The molecule has 0 radical (unpaired) electrons. The molecule has 0 aromatic heterocycles. The molecular weight excluding hydrogens is 230 g/mol. The van der Waals surface area contributed by atoms with E-state index < -0.39 is 0 Å². The molecule has 3 rings (SSSR count). The van der Waals surface area contributed by atoms with Gasteiger partial charge in [0.05, 0.1) is 0 Å². The summed E-state index contributed by atoms with van der Waals surface area (Å²) in [6, 6.07) is 19.3. The smallest absolute Gasteiger partial charge is 0.0239 e. The zero-order valence-corrected chi connectivity index (χ0v) is 11.1. The van der Waals surface area contributed by atoms with Crippen molar-refractivity contribution in [1.29, 1.82) is 0 Å². The van der Waals surface area contributed by atoms with Gasteiger partial charge in [0, 0.05) is 19.6 Å². The van der Waals surface area contributed by atoms with E-state index in [1.54, 1.807) is 0 Å². The fourth-order valence-electron chi connectivity index (χ4n) is 2.61. The van der Waals surface area contributed by atoms with E-state index in [1.807, 2.05) is 0 Å². The topological polar surface area (TPSA) is 3.24 Å². The van der Waals surface area contributed by atoms with Crippen molar-refractivity contribution in [2.45, 2.75) is 13.0 Å². The molecule has 19 heavy (non-hydrogen) atoms. The Hall–Kier alpha value is -1.86. The molecule has 2 aromatic carbocycles. The third-order valence-corrected chi connectivity index (χ3v) is 3.68. The van der Waals surface area contributed by atoms with Gasteiger partial charge in [-0.2, -0.15) is 0 Å². The van der Waals surface area contributed by atoms with Gasteiger partial charge < -0.3 is 0 Å². The summed E-state index contributed by atoms with van der Waals surface area (Å²) in [4.78, 5) is 2.50. The molecule has 0 atom stereocenters. The summed E-state index contributed by atoms with van der Waals surface area (Å²) in [5.41, 5.74) is 4.28. The molecule has 0 spiro atoms. The van der Waals surface area contributed by atoms with E-state index in [0.717, 1.165) is 19.6 Å². The molecule has 1 heteroatoms. The van der Waals surface area contributed by atoms with E-state index in [9.17, 15) is 0 Å². The van der Waals surface area contributed by atoms with E-state index in [1.165, 1.54) is 23.1 Å². The third kappa shape index (κ3) is 3.12. The van der Waals surface area contributed by atoms with Crippen LogP contribution in [0, 0.1) is 0 Å². The first-order valence-electron chi connectivity index (χ1n) is 6.92. The number of nitrogens with zero attached hydrogens (tertiary/aromatic N) is 1. The lowest BCUT2D eigenvalue weighted by molar-refractivity contribution is 0.282. The molecular formula is C18H19N. The normalized spacial score (nSPS) is 15.6. The zero-order valence-electron chi connectivity index (χ0n) is 11.1. The first-order chi connectivity index (χ1) is 9.42. The molecule has 0 saturated heterocycles. The van der Waals surface area contributed by atoms with Gasteiger partial charge in [-0.3, -0.25) is 4.90 Å². The highest BCUT2D eigenvalue weighted by molar-refractivity contribution is 5.48. The van der Waals surface area contributed by atoms with Crippen LogP contribution in [0.25, 0.3) is 6.08 Å². The minimum absolute atomic E-state index is 1.03.